The molecule has 0 spiro atoms. The number of rotatable bonds is 6. The number of para-hydroxylation sites is 1. The van der Waals surface area contributed by atoms with Gasteiger partial charge in [0.1, 0.15) is 11.3 Å². The molecule has 2 heteroatoms. The molecule has 0 saturated carbocycles. The molecule has 0 fully saturated rings. The maximum Gasteiger partial charge on any atom is 0.132 e. The summed E-state index contributed by atoms with van der Waals surface area (Å²) < 4.78 is 0.725. The topological polar surface area (TPSA) is 20.2 Å². The fourth-order valence-corrected chi connectivity index (χ4v) is 3.29. The maximum atomic E-state index is 11.7. The average Bonchev–Trinajstić information content (AvgIpc) is 2.68. The molecule has 0 unspecified atom stereocenters. The first-order valence-corrected chi connectivity index (χ1v) is 8.74. The molecular formula is C23H26NO+. The summed E-state index contributed by atoms with van der Waals surface area (Å²) in [6.07, 6.45) is 0.642. The summed E-state index contributed by atoms with van der Waals surface area (Å²) in [5, 5.41) is 11.7. The van der Waals surface area contributed by atoms with Crippen molar-refractivity contribution in [1.29, 1.82) is 0 Å². The summed E-state index contributed by atoms with van der Waals surface area (Å²) in [4.78, 5) is 0. The van der Waals surface area contributed by atoms with Crippen molar-refractivity contribution in [2.24, 2.45) is 0 Å². The van der Waals surface area contributed by atoms with Gasteiger partial charge in [0.2, 0.25) is 0 Å². The van der Waals surface area contributed by atoms with Gasteiger partial charge in [0.05, 0.1) is 20.6 Å². The molecule has 1 N–H and O–H groups in total. The van der Waals surface area contributed by atoms with Gasteiger partial charge >= 0.3 is 0 Å². The predicted octanol–water partition coefficient (Wildman–Crippen LogP) is 4.58. The van der Waals surface area contributed by atoms with Crippen molar-refractivity contribution in [2.45, 2.75) is 12.0 Å². The Balaban J connectivity index is 1.92. The lowest BCUT2D eigenvalue weighted by atomic mass is 9.83. The largest absolute Gasteiger partial charge is 0.380 e. The van der Waals surface area contributed by atoms with E-state index in [9.17, 15) is 5.11 Å². The Morgan fingerprint density at radius 1 is 0.680 bits per heavy atom. The highest BCUT2D eigenvalue weighted by molar-refractivity contribution is 5.42. The van der Waals surface area contributed by atoms with Crippen LogP contribution in [0.3, 0.4) is 0 Å². The van der Waals surface area contributed by atoms with Crippen LogP contribution in [0.1, 0.15) is 17.5 Å². The molecule has 0 amide bonds. The number of benzene rings is 3. The standard InChI is InChI=1S/C23H26NO/c1-24(2,22-16-10-5-11-17-22)19-18-23(25,20-12-6-3-7-13-20)21-14-8-4-9-15-21/h3-17,25H,18-19H2,1-2H3/q+1. The minimum absolute atomic E-state index is 0.642. The number of quaternary nitrogens is 1. The number of hydrogen-bond donors (Lipinski definition) is 1. The highest BCUT2D eigenvalue weighted by Gasteiger charge is 2.34. The Morgan fingerprint density at radius 3 is 1.52 bits per heavy atom. The first-order chi connectivity index (χ1) is 12.0. The molecule has 25 heavy (non-hydrogen) atoms. The van der Waals surface area contributed by atoms with Crippen molar-refractivity contribution in [2.75, 3.05) is 20.6 Å². The minimum Gasteiger partial charge on any atom is -0.380 e. The van der Waals surface area contributed by atoms with Gasteiger partial charge in [0, 0.05) is 6.42 Å². The van der Waals surface area contributed by atoms with Crippen molar-refractivity contribution >= 4 is 5.69 Å². The Hall–Kier alpha value is -2.42. The molecule has 0 aliphatic rings. The summed E-state index contributed by atoms with van der Waals surface area (Å²) in [6.45, 7) is 0.824. The molecule has 0 atom stereocenters. The second-order valence-corrected chi connectivity index (χ2v) is 7.09. The van der Waals surface area contributed by atoms with Crippen molar-refractivity contribution in [3.63, 3.8) is 0 Å². The van der Waals surface area contributed by atoms with Crippen molar-refractivity contribution in [1.82, 2.24) is 4.48 Å². The molecule has 0 aliphatic carbocycles. The molecule has 0 aliphatic heterocycles. The molecule has 3 aromatic rings. The third kappa shape index (κ3) is 3.81. The molecule has 3 aromatic carbocycles. The molecule has 128 valence electrons. The average molecular weight is 332 g/mol. The van der Waals surface area contributed by atoms with Gasteiger partial charge < -0.3 is 5.11 Å². The van der Waals surface area contributed by atoms with Crippen LogP contribution >= 0.6 is 0 Å². The van der Waals surface area contributed by atoms with E-state index >= 15 is 0 Å². The first kappa shape index (κ1) is 17.4. The van der Waals surface area contributed by atoms with Crippen LogP contribution in [0.2, 0.25) is 0 Å². The predicted molar refractivity (Wildman–Crippen MR) is 105 cm³/mol. The lowest BCUT2D eigenvalue weighted by Gasteiger charge is -2.35. The molecular weight excluding hydrogens is 306 g/mol. The van der Waals surface area contributed by atoms with Crippen LogP contribution in [0, 0.1) is 0 Å². The second kappa shape index (κ2) is 7.22. The zero-order chi connectivity index (χ0) is 17.8. The fraction of sp³-hybridized carbons (Fsp3) is 0.217. The van der Waals surface area contributed by atoms with Gasteiger partial charge in [0.15, 0.2) is 0 Å². The molecule has 0 radical (unpaired) electrons. The first-order valence-electron chi connectivity index (χ1n) is 8.74. The molecule has 0 aromatic heterocycles. The van der Waals surface area contributed by atoms with E-state index in [1.807, 2.05) is 66.7 Å². The van der Waals surface area contributed by atoms with Gasteiger partial charge in [-0.1, -0.05) is 78.9 Å². The van der Waals surface area contributed by atoms with Crippen LogP contribution in [0.25, 0.3) is 0 Å². The number of nitrogens with zero attached hydrogens (tertiary/aromatic N) is 1. The van der Waals surface area contributed by atoms with E-state index < -0.39 is 5.60 Å². The third-order valence-corrected chi connectivity index (χ3v) is 4.99. The van der Waals surface area contributed by atoms with E-state index in [1.165, 1.54) is 5.69 Å². The van der Waals surface area contributed by atoms with Crippen LogP contribution in [-0.2, 0) is 5.60 Å². The van der Waals surface area contributed by atoms with Crippen LogP contribution in [0.15, 0.2) is 91.0 Å². The summed E-state index contributed by atoms with van der Waals surface area (Å²) in [5.41, 5.74) is 2.13. The lowest BCUT2D eigenvalue weighted by molar-refractivity contribution is 0.0633. The summed E-state index contributed by atoms with van der Waals surface area (Å²) in [6, 6.07) is 30.4. The van der Waals surface area contributed by atoms with E-state index in [1.54, 1.807) is 0 Å². The van der Waals surface area contributed by atoms with Gasteiger partial charge in [-0.05, 0) is 23.3 Å². The zero-order valence-corrected chi connectivity index (χ0v) is 15.0. The van der Waals surface area contributed by atoms with Crippen LogP contribution < -0.4 is 4.48 Å². The summed E-state index contributed by atoms with van der Waals surface area (Å²) in [5.74, 6) is 0. The third-order valence-electron chi connectivity index (χ3n) is 4.99. The van der Waals surface area contributed by atoms with Gasteiger partial charge in [-0.3, -0.25) is 4.48 Å². The van der Waals surface area contributed by atoms with Crippen molar-refractivity contribution in [3.8, 4) is 0 Å². The number of hydrogen-bond acceptors (Lipinski definition) is 1. The quantitative estimate of drug-likeness (QED) is 0.655. The van der Waals surface area contributed by atoms with Crippen LogP contribution in [0.4, 0.5) is 5.69 Å². The monoisotopic (exact) mass is 332 g/mol. The van der Waals surface area contributed by atoms with E-state index in [0.29, 0.717) is 6.42 Å². The molecule has 2 nitrogen and oxygen atoms in total. The van der Waals surface area contributed by atoms with E-state index in [2.05, 4.69) is 38.4 Å². The van der Waals surface area contributed by atoms with E-state index in [4.69, 9.17) is 0 Å². The van der Waals surface area contributed by atoms with Crippen LogP contribution in [0.5, 0.6) is 0 Å². The smallest absolute Gasteiger partial charge is 0.132 e. The Labute approximate surface area is 150 Å². The lowest BCUT2D eigenvalue weighted by Crippen LogP contribution is -2.44. The normalized spacial score (nSPS) is 12.1. The zero-order valence-electron chi connectivity index (χ0n) is 15.0. The van der Waals surface area contributed by atoms with Crippen molar-refractivity contribution in [3.05, 3.63) is 102 Å². The molecule has 0 heterocycles. The SMILES string of the molecule is C[N+](C)(CCC(O)(c1ccccc1)c1ccccc1)c1ccccc1. The van der Waals surface area contributed by atoms with E-state index in [-0.39, 0.29) is 0 Å². The Morgan fingerprint density at radius 2 is 1.08 bits per heavy atom. The van der Waals surface area contributed by atoms with Gasteiger partial charge in [-0.25, -0.2) is 0 Å². The highest BCUT2D eigenvalue weighted by atomic mass is 16.3. The molecule has 3 rings (SSSR count). The van der Waals surface area contributed by atoms with Crippen molar-refractivity contribution < 1.29 is 5.11 Å². The van der Waals surface area contributed by atoms with Gasteiger partial charge in [-0.15, -0.1) is 0 Å². The second-order valence-electron chi connectivity index (χ2n) is 7.09. The summed E-state index contributed by atoms with van der Waals surface area (Å²) >= 11 is 0. The van der Waals surface area contributed by atoms with E-state index in [0.717, 1.165) is 22.2 Å². The summed E-state index contributed by atoms with van der Waals surface area (Å²) in [7, 11) is 4.37. The van der Waals surface area contributed by atoms with Crippen LogP contribution in [-0.4, -0.2) is 25.7 Å². The Bertz CT molecular complexity index is 743. The van der Waals surface area contributed by atoms with Gasteiger partial charge in [-0.2, -0.15) is 0 Å². The minimum atomic E-state index is -0.993. The van der Waals surface area contributed by atoms with Gasteiger partial charge in [0.25, 0.3) is 0 Å². The highest BCUT2D eigenvalue weighted by Crippen LogP contribution is 2.34. The molecule has 0 saturated heterocycles. The molecule has 0 bridgehead atoms. The number of aliphatic hydroxyl groups is 1. The Kier molecular flexibility index (Phi) is 5.03. The fourth-order valence-electron chi connectivity index (χ4n) is 3.29. The maximum absolute atomic E-state index is 11.7.